The van der Waals surface area contributed by atoms with Crippen LogP contribution < -0.4 is 15.0 Å². The highest BCUT2D eigenvalue weighted by molar-refractivity contribution is 6.11. The average Bonchev–Trinajstić information content (AvgIpc) is 2.90. The van der Waals surface area contributed by atoms with Gasteiger partial charge in [-0.15, -0.1) is 0 Å². The number of carbonyl (C=O) groups excluding carboxylic acids is 2. The Morgan fingerprint density at radius 1 is 1.00 bits per heavy atom. The first-order chi connectivity index (χ1) is 17.5. The fraction of sp³-hybridized carbons (Fsp3) is 0.143. The van der Waals surface area contributed by atoms with Crippen LogP contribution in [0.2, 0.25) is 0 Å². The van der Waals surface area contributed by atoms with Crippen molar-refractivity contribution in [1.29, 1.82) is 0 Å². The Hall–Kier alpha value is -4.59. The van der Waals surface area contributed by atoms with Crippen LogP contribution in [0.1, 0.15) is 34.6 Å². The zero-order chi connectivity index (χ0) is 25.5. The molecule has 0 aliphatic rings. The lowest BCUT2D eigenvalue weighted by atomic mass is 10.0. The molecule has 36 heavy (non-hydrogen) atoms. The summed E-state index contributed by atoms with van der Waals surface area (Å²) >= 11 is 0. The molecule has 0 bridgehead atoms. The third-order valence-electron chi connectivity index (χ3n) is 5.44. The molecule has 1 heterocycles. The predicted molar refractivity (Wildman–Crippen MR) is 135 cm³/mol. The van der Waals surface area contributed by atoms with Gasteiger partial charge in [0.15, 0.2) is 0 Å². The van der Waals surface area contributed by atoms with Crippen LogP contribution in [0.15, 0.2) is 91.4 Å². The van der Waals surface area contributed by atoms with Gasteiger partial charge in [0.2, 0.25) is 0 Å². The highest BCUT2D eigenvalue weighted by atomic mass is 19.1. The van der Waals surface area contributed by atoms with Crippen molar-refractivity contribution in [1.82, 2.24) is 9.97 Å². The van der Waals surface area contributed by atoms with Gasteiger partial charge >= 0.3 is 0 Å². The van der Waals surface area contributed by atoms with Crippen LogP contribution in [0, 0.1) is 12.7 Å². The minimum absolute atomic E-state index is 0.0755. The zero-order valence-corrected chi connectivity index (χ0v) is 19.9. The van der Waals surface area contributed by atoms with Gasteiger partial charge in [0.1, 0.15) is 23.3 Å². The van der Waals surface area contributed by atoms with E-state index >= 15 is 0 Å². The Balaban J connectivity index is 1.88. The van der Waals surface area contributed by atoms with E-state index < -0.39 is 23.7 Å². The number of nitrogens with one attached hydrogen (secondary N) is 1. The van der Waals surface area contributed by atoms with E-state index in [1.54, 1.807) is 36.4 Å². The molecule has 1 aromatic heterocycles. The van der Waals surface area contributed by atoms with Gasteiger partial charge in [0.05, 0.1) is 12.8 Å². The molecule has 0 saturated carbocycles. The van der Waals surface area contributed by atoms with Crippen molar-refractivity contribution in [2.45, 2.75) is 19.9 Å². The Bertz CT molecular complexity index is 1330. The van der Waals surface area contributed by atoms with Crippen molar-refractivity contribution in [2.24, 2.45) is 0 Å². The Kier molecular flexibility index (Phi) is 7.65. The fourth-order valence-corrected chi connectivity index (χ4v) is 3.76. The van der Waals surface area contributed by atoms with E-state index in [2.05, 4.69) is 15.3 Å². The van der Waals surface area contributed by atoms with Gasteiger partial charge in [-0.25, -0.2) is 9.37 Å². The van der Waals surface area contributed by atoms with Gasteiger partial charge in [-0.3, -0.25) is 19.5 Å². The number of halogens is 1. The molecule has 2 amide bonds. The number of nitrogens with zero attached hydrogens (tertiary/aromatic N) is 3. The summed E-state index contributed by atoms with van der Waals surface area (Å²) in [7, 11) is 0. The van der Waals surface area contributed by atoms with E-state index in [-0.39, 0.29) is 5.69 Å². The summed E-state index contributed by atoms with van der Waals surface area (Å²) in [5, 5.41) is 2.81. The number of aromatic nitrogens is 2. The number of aryl methyl sites for hydroxylation is 1. The smallest absolute Gasteiger partial charge is 0.279 e. The van der Waals surface area contributed by atoms with Gasteiger partial charge in [-0.1, -0.05) is 35.9 Å². The van der Waals surface area contributed by atoms with E-state index in [0.29, 0.717) is 29.3 Å². The molecule has 0 unspecified atom stereocenters. The van der Waals surface area contributed by atoms with Crippen LogP contribution >= 0.6 is 0 Å². The van der Waals surface area contributed by atoms with Crippen LogP contribution in [0.25, 0.3) is 0 Å². The molecule has 0 fully saturated rings. The second kappa shape index (κ2) is 11.2. The van der Waals surface area contributed by atoms with Crippen molar-refractivity contribution in [3.63, 3.8) is 0 Å². The molecule has 1 atom stereocenters. The SMILES string of the molecule is CCOc1ccccc1[C@H](C(=O)Nc1ccc(F)cc1)N(C(=O)c1cnccn1)c1ccc(C)cc1. The Morgan fingerprint density at radius 2 is 1.72 bits per heavy atom. The van der Waals surface area contributed by atoms with Gasteiger partial charge in [-0.2, -0.15) is 0 Å². The second-order valence-corrected chi connectivity index (χ2v) is 7.97. The second-order valence-electron chi connectivity index (χ2n) is 7.97. The number of hydrogen-bond donors (Lipinski definition) is 1. The molecule has 4 aromatic rings. The standard InChI is InChI=1S/C28H25FN4O3/c1-3-36-25-7-5-4-6-23(25)26(27(34)32-21-12-10-20(29)11-13-21)33(22-14-8-19(2)9-15-22)28(35)24-18-30-16-17-31-24/h4-18,26H,3H2,1-2H3,(H,32,34)/t26-/m1/s1. The summed E-state index contributed by atoms with van der Waals surface area (Å²) in [4.78, 5) is 37.3. The van der Waals surface area contributed by atoms with E-state index in [4.69, 9.17) is 4.74 Å². The number of rotatable bonds is 8. The minimum Gasteiger partial charge on any atom is -0.493 e. The number of para-hydroxylation sites is 1. The average molecular weight is 485 g/mol. The lowest BCUT2D eigenvalue weighted by Crippen LogP contribution is -2.42. The van der Waals surface area contributed by atoms with Gasteiger partial charge in [-0.05, 0) is 56.3 Å². The lowest BCUT2D eigenvalue weighted by Gasteiger charge is -2.32. The predicted octanol–water partition coefficient (Wildman–Crippen LogP) is 5.35. The Morgan fingerprint density at radius 3 is 2.39 bits per heavy atom. The third-order valence-corrected chi connectivity index (χ3v) is 5.44. The molecule has 4 rings (SSSR count). The number of amides is 2. The highest BCUT2D eigenvalue weighted by Crippen LogP contribution is 2.35. The molecule has 7 nitrogen and oxygen atoms in total. The summed E-state index contributed by atoms with van der Waals surface area (Å²) in [5.74, 6) is -0.988. The first kappa shape index (κ1) is 24.5. The van der Waals surface area contributed by atoms with Crippen LogP contribution in [-0.4, -0.2) is 28.4 Å². The minimum atomic E-state index is -1.14. The largest absolute Gasteiger partial charge is 0.493 e. The molecule has 0 saturated heterocycles. The topological polar surface area (TPSA) is 84.4 Å². The van der Waals surface area contributed by atoms with E-state index in [1.165, 1.54) is 47.8 Å². The normalized spacial score (nSPS) is 11.4. The fourth-order valence-electron chi connectivity index (χ4n) is 3.76. The van der Waals surface area contributed by atoms with Crippen molar-refractivity contribution in [2.75, 3.05) is 16.8 Å². The number of ether oxygens (including phenoxy) is 1. The highest BCUT2D eigenvalue weighted by Gasteiger charge is 2.36. The molecular formula is C28H25FN4O3. The van der Waals surface area contributed by atoms with Crippen molar-refractivity contribution < 1.29 is 18.7 Å². The van der Waals surface area contributed by atoms with Crippen LogP contribution in [0.4, 0.5) is 15.8 Å². The molecule has 182 valence electrons. The molecule has 8 heteroatoms. The number of benzene rings is 3. The maximum absolute atomic E-state index is 13.9. The van der Waals surface area contributed by atoms with Gasteiger partial charge in [0, 0.05) is 29.3 Å². The molecule has 0 aliphatic carbocycles. The quantitative estimate of drug-likeness (QED) is 0.365. The van der Waals surface area contributed by atoms with Crippen molar-refractivity contribution >= 4 is 23.2 Å². The molecule has 0 aliphatic heterocycles. The lowest BCUT2D eigenvalue weighted by molar-refractivity contribution is -0.117. The maximum atomic E-state index is 13.9. The van der Waals surface area contributed by atoms with E-state index in [1.807, 2.05) is 26.0 Å². The van der Waals surface area contributed by atoms with E-state index in [9.17, 15) is 14.0 Å². The summed E-state index contributed by atoms with van der Waals surface area (Å²) in [6.07, 6.45) is 4.24. The molecular weight excluding hydrogens is 459 g/mol. The molecule has 0 radical (unpaired) electrons. The van der Waals surface area contributed by atoms with Crippen molar-refractivity contribution in [3.05, 3.63) is 114 Å². The summed E-state index contributed by atoms with van der Waals surface area (Å²) in [6.45, 7) is 4.14. The summed E-state index contributed by atoms with van der Waals surface area (Å²) < 4.78 is 19.3. The van der Waals surface area contributed by atoms with Crippen LogP contribution in [-0.2, 0) is 4.79 Å². The molecule has 0 spiro atoms. The monoisotopic (exact) mass is 484 g/mol. The maximum Gasteiger partial charge on any atom is 0.279 e. The number of anilines is 2. The number of carbonyl (C=O) groups is 2. The molecule has 1 N–H and O–H groups in total. The van der Waals surface area contributed by atoms with E-state index in [0.717, 1.165) is 5.56 Å². The van der Waals surface area contributed by atoms with Crippen molar-refractivity contribution in [3.8, 4) is 5.75 Å². The third kappa shape index (κ3) is 5.55. The first-order valence-corrected chi connectivity index (χ1v) is 11.4. The molecule has 3 aromatic carbocycles. The van der Waals surface area contributed by atoms with Gasteiger partial charge in [0.25, 0.3) is 11.8 Å². The zero-order valence-electron chi connectivity index (χ0n) is 19.9. The summed E-state index contributed by atoms with van der Waals surface area (Å²) in [6, 6.07) is 18.6. The van der Waals surface area contributed by atoms with Crippen LogP contribution in [0.3, 0.4) is 0 Å². The Labute approximate surface area is 208 Å². The van der Waals surface area contributed by atoms with Crippen LogP contribution in [0.5, 0.6) is 5.75 Å². The summed E-state index contributed by atoms with van der Waals surface area (Å²) in [5.41, 5.74) is 2.42. The first-order valence-electron chi connectivity index (χ1n) is 11.4. The number of hydrogen-bond acceptors (Lipinski definition) is 5. The van der Waals surface area contributed by atoms with Gasteiger partial charge < -0.3 is 10.1 Å².